The predicted octanol–water partition coefficient (Wildman–Crippen LogP) is 2.54. The SMILES string of the molecule is COC(=O)c1oc(CN2CCCC(c3ccncn3)C2)cc1C. The highest BCUT2D eigenvalue weighted by Crippen LogP contribution is 2.27. The smallest absolute Gasteiger partial charge is 0.374 e. The van der Waals surface area contributed by atoms with E-state index in [1.807, 2.05) is 19.1 Å². The Morgan fingerprint density at radius 3 is 3.13 bits per heavy atom. The summed E-state index contributed by atoms with van der Waals surface area (Å²) in [6, 6.07) is 3.90. The Bertz CT molecular complexity index is 669. The Labute approximate surface area is 135 Å². The summed E-state index contributed by atoms with van der Waals surface area (Å²) in [6.45, 7) is 4.51. The number of aryl methyl sites for hydroxylation is 1. The van der Waals surface area contributed by atoms with Crippen LogP contribution >= 0.6 is 0 Å². The highest BCUT2D eigenvalue weighted by Gasteiger charge is 2.24. The van der Waals surface area contributed by atoms with Crippen LogP contribution in [0.4, 0.5) is 0 Å². The van der Waals surface area contributed by atoms with Gasteiger partial charge in [0.25, 0.3) is 0 Å². The van der Waals surface area contributed by atoms with Gasteiger partial charge in [-0.1, -0.05) is 0 Å². The van der Waals surface area contributed by atoms with Gasteiger partial charge in [-0.2, -0.15) is 0 Å². The average molecular weight is 315 g/mol. The number of carbonyl (C=O) groups is 1. The molecule has 2 aromatic heterocycles. The first kappa shape index (κ1) is 15.7. The zero-order valence-electron chi connectivity index (χ0n) is 13.5. The van der Waals surface area contributed by atoms with Crippen molar-refractivity contribution in [2.45, 2.75) is 32.2 Å². The fourth-order valence-corrected chi connectivity index (χ4v) is 3.12. The number of rotatable bonds is 4. The lowest BCUT2D eigenvalue weighted by molar-refractivity contribution is 0.0559. The summed E-state index contributed by atoms with van der Waals surface area (Å²) in [7, 11) is 1.36. The molecule has 1 atom stereocenters. The van der Waals surface area contributed by atoms with E-state index in [2.05, 4.69) is 14.9 Å². The lowest BCUT2D eigenvalue weighted by atomic mass is 9.94. The van der Waals surface area contributed by atoms with Crippen LogP contribution < -0.4 is 0 Å². The molecule has 3 heterocycles. The van der Waals surface area contributed by atoms with Crippen LogP contribution in [-0.4, -0.2) is 41.0 Å². The molecule has 2 aromatic rings. The largest absolute Gasteiger partial charge is 0.463 e. The van der Waals surface area contributed by atoms with Crippen LogP contribution in [-0.2, 0) is 11.3 Å². The first-order valence-electron chi connectivity index (χ1n) is 7.83. The molecule has 0 radical (unpaired) electrons. The third-order valence-corrected chi connectivity index (χ3v) is 4.25. The van der Waals surface area contributed by atoms with E-state index in [1.165, 1.54) is 7.11 Å². The minimum Gasteiger partial charge on any atom is -0.463 e. The molecule has 1 unspecified atom stereocenters. The second-order valence-electron chi connectivity index (χ2n) is 5.92. The first-order chi connectivity index (χ1) is 11.2. The Balaban J connectivity index is 1.67. The van der Waals surface area contributed by atoms with E-state index in [0.717, 1.165) is 42.9 Å². The minimum absolute atomic E-state index is 0.298. The number of methoxy groups -OCH3 is 1. The molecule has 0 bridgehead atoms. The first-order valence-corrected chi connectivity index (χ1v) is 7.83. The lowest BCUT2D eigenvalue weighted by Gasteiger charge is -2.31. The molecule has 1 aliphatic rings. The maximum Gasteiger partial charge on any atom is 0.374 e. The summed E-state index contributed by atoms with van der Waals surface area (Å²) in [5, 5.41) is 0. The minimum atomic E-state index is -0.425. The number of furan rings is 1. The third kappa shape index (κ3) is 3.59. The van der Waals surface area contributed by atoms with Gasteiger partial charge in [0.05, 0.1) is 13.7 Å². The summed E-state index contributed by atoms with van der Waals surface area (Å²) >= 11 is 0. The van der Waals surface area contributed by atoms with Crippen LogP contribution in [0.1, 0.15) is 46.3 Å². The maximum atomic E-state index is 11.6. The van der Waals surface area contributed by atoms with Crippen molar-refractivity contribution >= 4 is 5.97 Å². The van der Waals surface area contributed by atoms with Gasteiger partial charge in [0.2, 0.25) is 5.76 Å². The summed E-state index contributed by atoms with van der Waals surface area (Å²) in [6.07, 6.45) is 5.66. The number of likely N-dealkylation sites (tertiary alicyclic amines) is 1. The molecule has 1 saturated heterocycles. The second kappa shape index (κ2) is 6.91. The fraction of sp³-hybridized carbons (Fsp3) is 0.471. The van der Waals surface area contributed by atoms with Crippen molar-refractivity contribution < 1.29 is 13.9 Å². The molecule has 0 amide bonds. The quantitative estimate of drug-likeness (QED) is 0.808. The molecule has 0 aromatic carbocycles. The van der Waals surface area contributed by atoms with Crippen molar-refractivity contribution in [1.82, 2.24) is 14.9 Å². The van der Waals surface area contributed by atoms with Crippen molar-refractivity contribution in [2.75, 3.05) is 20.2 Å². The highest BCUT2D eigenvalue weighted by molar-refractivity contribution is 5.87. The molecular weight excluding hydrogens is 294 g/mol. The summed E-state index contributed by atoms with van der Waals surface area (Å²) < 4.78 is 10.4. The number of piperidine rings is 1. The number of aromatic nitrogens is 2. The monoisotopic (exact) mass is 315 g/mol. The van der Waals surface area contributed by atoms with Gasteiger partial charge >= 0.3 is 5.97 Å². The van der Waals surface area contributed by atoms with E-state index in [0.29, 0.717) is 18.2 Å². The van der Waals surface area contributed by atoms with Gasteiger partial charge in [-0.3, -0.25) is 4.90 Å². The molecule has 0 N–H and O–H groups in total. The molecular formula is C17H21N3O3. The fourth-order valence-electron chi connectivity index (χ4n) is 3.12. The van der Waals surface area contributed by atoms with Crippen LogP contribution in [0.5, 0.6) is 0 Å². The molecule has 0 saturated carbocycles. The van der Waals surface area contributed by atoms with Gasteiger partial charge < -0.3 is 9.15 Å². The van der Waals surface area contributed by atoms with Gasteiger partial charge in [-0.15, -0.1) is 0 Å². The van der Waals surface area contributed by atoms with E-state index in [1.54, 1.807) is 12.5 Å². The molecule has 0 spiro atoms. The molecule has 23 heavy (non-hydrogen) atoms. The number of hydrogen-bond acceptors (Lipinski definition) is 6. The third-order valence-electron chi connectivity index (χ3n) is 4.25. The number of esters is 1. The maximum absolute atomic E-state index is 11.6. The zero-order valence-corrected chi connectivity index (χ0v) is 13.5. The van der Waals surface area contributed by atoms with Crippen molar-refractivity contribution in [3.63, 3.8) is 0 Å². The van der Waals surface area contributed by atoms with Crippen molar-refractivity contribution in [2.24, 2.45) is 0 Å². The number of hydrogen-bond donors (Lipinski definition) is 0. The van der Waals surface area contributed by atoms with Gasteiger partial charge in [0.15, 0.2) is 0 Å². The number of nitrogens with zero attached hydrogens (tertiary/aromatic N) is 3. The topological polar surface area (TPSA) is 68.5 Å². The molecule has 6 nitrogen and oxygen atoms in total. The average Bonchev–Trinajstić information content (AvgIpc) is 2.95. The summed E-state index contributed by atoms with van der Waals surface area (Å²) in [4.78, 5) is 22.3. The summed E-state index contributed by atoms with van der Waals surface area (Å²) in [5.41, 5.74) is 1.91. The summed E-state index contributed by atoms with van der Waals surface area (Å²) in [5.74, 6) is 1.09. The molecule has 1 fully saturated rings. The van der Waals surface area contributed by atoms with E-state index < -0.39 is 5.97 Å². The number of carbonyl (C=O) groups excluding carboxylic acids is 1. The van der Waals surface area contributed by atoms with Gasteiger partial charge in [-0.05, 0) is 38.4 Å². The molecule has 122 valence electrons. The molecule has 1 aliphatic heterocycles. The van der Waals surface area contributed by atoms with Crippen LogP contribution in [0.15, 0.2) is 29.1 Å². The van der Waals surface area contributed by atoms with Crippen LogP contribution in [0.25, 0.3) is 0 Å². The second-order valence-corrected chi connectivity index (χ2v) is 5.92. The van der Waals surface area contributed by atoms with Crippen LogP contribution in [0, 0.1) is 6.92 Å². The highest BCUT2D eigenvalue weighted by atomic mass is 16.5. The Morgan fingerprint density at radius 2 is 2.39 bits per heavy atom. The van der Waals surface area contributed by atoms with E-state index >= 15 is 0 Å². The normalized spacial score (nSPS) is 18.8. The van der Waals surface area contributed by atoms with Crippen molar-refractivity contribution in [3.8, 4) is 0 Å². The van der Waals surface area contributed by atoms with Gasteiger partial charge in [0, 0.05) is 29.9 Å². The Kier molecular flexibility index (Phi) is 4.71. The lowest BCUT2D eigenvalue weighted by Crippen LogP contribution is -2.34. The zero-order chi connectivity index (χ0) is 16.2. The predicted molar refractivity (Wildman–Crippen MR) is 84.1 cm³/mol. The van der Waals surface area contributed by atoms with Gasteiger partial charge in [0.1, 0.15) is 12.1 Å². The molecule has 6 heteroatoms. The van der Waals surface area contributed by atoms with Crippen LogP contribution in [0.2, 0.25) is 0 Å². The van der Waals surface area contributed by atoms with Crippen molar-refractivity contribution in [1.29, 1.82) is 0 Å². The van der Waals surface area contributed by atoms with E-state index in [4.69, 9.17) is 9.15 Å². The van der Waals surface area contributed by atoms with Crippen molar-refractivity contribution in [3.05, 3.63) is 47.4 Å². The number of ether oxygens (including phenoxy) is 1. The van der Waals surface area contributed by atoms with E-state index in [9.17, 15) is 4.79 Å². The van der Waals surface area contributed by atoms with Crippen LogP contribution in [0.3, 0.4) is 0 Å². The molecule has 0 aliphatic carbocycles. The Hall–Kier alpha value is -2.21. The van der Waals surface area contributed by atoms with E-state index in [-0.39, 0.29) is 0 Å². The molecule has 3 rings (SSSR count). The standard InChI is InChI=1S/C17H21N3O3/c1-12-8-14(23-16(12)17(21)22-2)10-20-7-3-4-13(9-20)15-5-6-18-11-19-15/h5-6,8,11,13H,3-4,7,9-10H2,1-2H3. The Morgan fingerprint density at radius 1 is 1.52 bits per heavy atom. The van der Waals surface area contributed by atoms with Gasteiger partial charge in [-0.25, -0.2) is 14.8 Å².